The molecule has 0 saturated carbocycles. The zero-order chi connectivity index (χ0) is 30.1. The maximum atomic E-state index is 13.1. The molecule has 2 fully saturated rings. The zero-order valence-electron chi connectivity index (χ0n) is 25.9. The van der Waals surface area contributed by atoms with E-state index < -0.39 is 0 Å². The minimum Gasteiger partial charge on any atom is -0.493 e. The van der Waals surface area contributed by atoms with E-state index in [0.29, 0.717) is 62.3 Å². The summed E-state index contributed by atoms with van der Waals surface area (Å²) in [6, 6.07) is 11.5. The van der Waals surface area contributed by atoms with Crippen molar-refractivity contribution in [3.8, 4) is 11.5 Å². The summed E-state index contributed by atoms with van der Waals surface area (Å²) in [7, 11) is 5.55. The number of likely N-dealkylation sites (tertiary alicyclic amines) is 1. The molecular formula is C32H47N7O3. The SMILES string of the molecule is CC.COc1cc2c(N3CCN(C(=O)c4ccc(CN)cc4)CC3)nc(N(C)C)nc2cc1OCCCN1CCCC1. The predicted octanol–water partition coefficient (Wildman–Crippen LogP) is 4.02. The average Bonchev–Trinajstić information content (AvgIpc) is 3.56. The molecule has 228 valence electrons. The Morgan fingerprint density at radius 2 is 1.64 bits per heavy atom. The van der Waals surface area contributed by atoms with Crippen LogP contribution in [0.25, 0.3) is 10.9 Å². The van der Waals surface area contributed by atoms with Gasteiger partial charge in [0.2, 0.25) is 5.95 Å². The highest BCUT2D eigenvalue weighted by atomic mass is 16.5. The Hall–Kier alpha value is -3.63. The van der Waals surface area contributed by atoms with Crippen molar-refractivity contribution < 1.29 is 14.3 Å². The lowest BCUT2D eigenvalue weighted by molar-refractivity contribution is 0.0746. The monoisotopic (exact) mass is 577 g/mol. The summed E-state index contributed by atoms with van der Waals surface area (Å²) < 4.78 is 11.9. The number of nitrogens with zero attached hydrogens (tertiary/aromatic N) is 6. The highest BCUT2D eigenvalue weighted by molar-refractivity contribution is 5.95. The quantitative estimate of drug-likeness (QED) is 0.358. The van der Waals surface area contributed by atoms with Gasteiger partial charge in [-0.1, -0.05) is 26.0 Å². The average molecular weight is 578 g/mol. The molecule has 42 heavy (non-hydrogen) atoms. The molecular weight excluding hydrogens is 530 g/mol. The van der Waals surface area contributed by atoms with Crippen LogP contribution in [0.3, 0.4) is 0 Å². The van der Waals surface area contributed by atoms with Gasteiger partial charge in [0, 0.05) is 70.4 Å². The molecule has 2 N–H and O–H groups in total. The maximum Gasteiger partial charge on any atom is 0.253 e. The van der Waals surface area contributed by atoms with Crippen LogP contribution in [0.1, 0.15) is 49.0 Å². The first kappa shape index (κ1) is 31.3. The molecule has 0 atom stereocenters. The second-order valence-corrected chi connectivity index (χ2v) is 10.7. The van der Waals surface area contributed by atoms with Crippen LogP contribution >= 0.6 is 0 Å². The summed E-state index contributed by atoms with van der Waals surface area (Å²) in [5.41, 5.74) is 8.21. The first-order chi connectivity index (χ1) is 20.5. The van der Waals surface area contributed by atoms with Gasteiger partial charge in [-0.3, -0.25) is 4.79 Å². The Labute approximate surface area is 250 Å². The standard InChI is InChI=1S/C30H41N7O3.C2H6/c1-34(2)30-32-25-20-27(40-18-6-13-35-11-4-5-12-35)26(39-3)19-24(25)28(33-30)36-14-16-37(17-15-36)29(38)23-9-7-22(21-31)8-10-23;1-2/h7-10,19-20H,4-6,11-18,21,31H2,1-3H3;1-2H3. The summed E-state index contributed by atoms with van der Waals surface area (Å²) >= 11 is 0. The third kappa shape index (κ3) is 7.41. The van der Waals surface area contributed by atoms with Gasteiger partial charge in [0.15, 0.2) is 11.5 Å². The number of hydrogen-bond acceptors (Lipinski definition) is 9. The minimum atomic E-state index is 0.0398. The second kappa shape index (κ2) is 15.0. The Morgan fingerprint density at radius 1 is 0.952 bits per heavy atom. The van der Waals surface area contributed by atoms with Gasteiger partial charge in [0.05, 0.1) is 19.2 Å². The van der Waals surface area contributed by atoms with E-state index in [0.717, 1.165) is 35.2 Å². The van der Waals surface area contributed by atoms with E-state index in [1.165, 1.54) is 25.9 Å². The number of fused-ring (bicyclic) bond motifs is 1. The number of nitrogens with two attached hydrogens (primary N) is 1. The van der Waals surface area contributed by atoms with Crippen molar-refractivity contribution in [3.05, 3.63) is 47.5 Å². The number of benzene rings is 2. The van der Waals surface area contributed by atoms with E-state index in [4.69, 9.17) is 25.2 Å². The normalized spacial score (nSPS) is 15.4. The molecule has 0 spiro atoms. The van der Waals surface area contributed by atoms with Gasteiger partial charge in [-0.2, -0.15) is 4.98 Å². The van der Waals surface area contributed by atoms with Gasteiger partial charge in [-0.05, 0) is 56.1 Å². The van der Waals surface area contributed by atoms with E-state index in [2.05, 4.69) is 9.80 Å². The largest absolute Gasteiger partial charge is 0.493 e. The molecule has 0 unspecified atom stereocenters. The van der Waals surface area contributed by atoms with Crippen LogP contribution in [0.15, 0.2) is 36.4 Å². The number of hydrogen-bond donors (Lipinski definition) is 1. The molecule has 5 rings (SSSR count). The van der Waals surface area contributed by atoms with E-state index in [-0.39, 0.29) is 5.91 Å². The van der Waals surface area contributed by atoms with Gasteiger partial charge in [-0.15, -0.1) is 0 Å². The van der Waals surface area contributed by atoms with Crippen LogP contribution in [0.2, 0.25) is 0 Å². The molecule has 0 aliphatic carbocycles. The topological polar surface area (TPSA) is 100 Å². The van der Waals surface area contributed by atoms with Crippen LogP contribution in [-0.2, 0) is 6.54 Å². The molecule has 1 aromatic heterocycles. The number of rotatable bonds is 10. The smallest absolute Gasteiger partial charge is 0.253 e. The molecule has 10 heteroatoms. The first-order valence-electron chi connectivity index (χ1n) is 15.2. The molecule has 2 aromatic carbocycles. The summed E-state index contributed by atoms with van der Waals surface area (Å²) in [5, 5.41) is 0.906. The van der Waals surface area contributed by atoms with E-state index in [1.807, 2.05) is 74.1 Å². The van der Waals surface area contributed by atoms with Gasteiger partial charge in [-0.25, -0.2) is 4.98 Å². The molecule has 2 aliphatic heterocycles. The lowest BCUT2D eigenvalue weighted by Gasteiger charge is -2.36. The van der Waals surface area contributed by atoms with Gasteiger partial charge in [0.25, 0.3) is 5.91 Å². The van der Waals surface area contributed by atoms with Crippen LogP contribution in [0.4, 0.5) is 11.8 Å². The Balaban J connectivity index is 0.00000198. The van der Waals surface area contributed by atoms with Crippen molar-refractivity contribution >= 4 is 28.6 Å². The number of ether oxygens (including phenoxy) is 2. The molecule has 3 heterocycles. The van der Waals surface area contributed by atoms with Gasteiger partial charge in [0.1, 0.15) is 5.82 Å². The number of anilines is 2. The molecule has 0 radical (unpaired) electrons. The highest BCUT2D eigenvalue weighted by Crippen LogP contribution is 2.36. The Morgan fingerprint density at radius 3 is 2.26 bits per heavy atom. The number of aromatic nitrogens is 2. The summed E-state index contributed by atoms with van der Waals surface area (Å²) in [6.07, 6.45) is 3.56. The van der Waals surface area contributed by atoms with Crippen molar-refractivity contribution in [1.29, 1.82) is 0 Å². The van der Waals surface area contributed by atoms with Gasteiger partial charge >= 0.3 is 0 Å². The second-order valence-electron chi connectivity index (χ2n) is 10.7. The molecule has 0 bridgehead atoms. The molecule has 3 aromatic rings. The Bertz CT molecular complexity index is 1300. The molecule has 10 nitrogen and oxygen atoms in total. The van der Waals surface area contributed by atoms with Crippen LogP contribution in [0.5, 0.6) is 11.5 Å². The van der Waals surface area contributed by atoms with Crippen molar-refractivity contribution in [1.82, 2.24) is 19.8 Å². The van der Waals surface area contributed by atoms with Gasteiger partial charge < -0.3 is 34.8 Å². The highest BCUT2D eigenvalue weighted by Gasteiger charge is 2.26. The maximum absolute atomic E-state index is 13.1. The Kier molecular flexibility index (Phi) is 11.2. The lowest BCUT2D eigenvalue weighted by Crippen LogP contribution is -2.49. The number of carbonyl (C=O) groups excluding carboxylic acids is 1. The number of carbonyl (C=O) groups is 1. The predicted molar refractivity (Wildman–Crippen MR) is 170 cm³/mol. The molecule has 1 amide bonds. The van der Waals surface area contributed by atoms with Crippen molar-refractivity contribution in [2.75, 3.05) is 83.4 Å². The minimum absolute atomic E-state index is 0.0398. The van der Waals surface area contributed by atoms with Crippen molar-refractivity contribution in [2.24, 2.45) is 5.73 Å². The fourth-order valence-corrected chi connectivity index (χ4v) is 5.39. The van der Waals surface area contributed by atoms with Crippen LogP contribution in [0, 0.1) is 0 Å². The number of methoxy groups -OCH3 is 1. The molecule has 2 aliphatic rings. The fraction of sp³-hybridized carbons (Fsp3) is 0.531. The van der Waals surface area contributed by atoms with Crippen LogP contribution in [-0.4, -0.2) is 99.3 Å². The van der Waals surface area contributed by atoms with Crippen molar-refractivity contribution in [2.45, 2.75) is 39.7 Å². The summed E-state index contributed by atoms with van der Waals surface area (Å²) in [6.45, 7) is 11.1. The first-order valence-corrected chi connectivity index (χ1v) is 15.2. The third-order valence-electron chi connectivity index (χ3n) is 7.73. The fourth-order valence-electron chi connectivity index (χ4n) is 5.39. The number of piperazine rings is 1. The van der Waals surface area contributed by atoms with E-state index in [9.17, 15) is 4.79 Å². The zero-order valence-corrected chi connectivity index (χ0v) is 25.9. The summed E-state index contributed by atoms with van der Waals surface area (Å²) in [4.78, 5) is 31.4. The van der Waals surface area contributed by atoms with Crippen LogP contribution < -0.4 is 25.0 Å². The number of amides is 1. The van der Waals surface area contributed by atoms with E-state index >= 15 is 0 Å². The van der Waals surface area contributed by atoms with E-state index in [1.54, 1.807) is 7.11 Å². The third-order valence-corrected chi connectivity index (χ3v) is 7.73. The summed E-state index contributed by atoms with van der Waals surface area (Å²) in [5.74, 6) is 2.88. The molecule has 2 saturated heterocycles. The lowest BCUT2D eigenvalue weighted by atomic mass is 10.1. The van der Waals surface area contributed by atoms with Crippen molar-refractivity contribution in [3.63, 3.8) is 0 Å².